The summed E-state index contributed by atoms with van der Waals surface area (Å²) in [5.41, 5.74) is -4.63. The van der Waals surface area contributed by atoms with Gasteiger partial charge in [-0.1, -0.05) is 40.0 Å². The molecule has 2 aliphatic heterocycles. The maximum atomic E-state index is 15.2. The number of aromatic nitrogens is 1. The Morgan fingerprint density at radius 1 is 1.12 bits per heavy atom. The molecule has 1 amide bonds. The quantitative estimate of drug-likeness (QED) is 0.354. The average molecular weight is 537 g/mol. The van der Waals surface area contributed by atoms with Crippen molar-refractivity contribution in [1.29, 1.82) is 0 Å². The van der Waals surface area contributed by atoms with E-state index in [9.17, 15) is 18.0 Å². The van der Waals surface area contributed by atoms with Gasteiger partial charge in [-0.15, -0.1) is 0 Å². The summed E-state index contributed by atoms with van der Waals surface area (Å²) in [6.45, 7) is -0.179. The van der Waals surface area contributed by atoms with Crippen molar-refractivity contribution in [3.63, 3.8) is 0 Å². The van der Waals surface area contributed by atoms with Crippen LogP contribution < -0.4 is 0 Å². The standard InChI is InChI=1S/C22H16Cl3F4N3O2/c23-14-5-13(6-15(24)18(14)25)21(22(27,28)29)7-16(31-34-21)12-3-4-17(30-8-12)20(26)9-32(10-20)19(33)11-1-2-11/h3-6,8,11H,1-2,7,9-10H2. The zero-order chi connectivity index (χ0) is 24.5. The largest absolute Gasteiger partial charge is 0.435 e. The molecule has 0 spiro atoms. The lowest BCUT2D eigenvalue weighted by Crippen LogP contribution is -2.59. The first kappa shape index (κ1) is 23.6. The molecule has 1 aromatic carbocycles. The highest BCUT2D eigenvalue weighted by Crippen LogP contribution is 2.50. The van der Waals surface area contributed by atoms with Crippen molar-refractivity contribution < 1.29 is 27.2 Å². The molecule has 1 aromatic heterocycles. The molecule has 2 fully saturated rings. The van der Waals surface area contributed by atoms with E-state index in [1.54, 1.807) is 0 Å². The van der Waals surface area contributed by atoms with Gasteiger partial charge >= 0.3 is 6.18 Å². The Bertz CT molecular complexity index is 1170. The predicted octanol–water partition coefficient (Wildman–Crippen LogP) is 6.04. The zero-order valence-corrected chi connectivity index (χ0v) is 19.6. The first-order chi connectivity index (χ1) is 15.9. The van der Waals surface area contributed by atoms with E-state index in [1.165, 1.54) is 23.2 Å². The van der Waals surface area contributed by atoms with Crippen LogP contribution in [0.2, 0.25) is 15.1 Å². The zero-order valence-electron chi connectivity index (χ0n) is 17.3. The molecule has 12 heteroatoms. The van der Waals surface area contributed by atoms with Crippen LogP contribution in [0.5, 0.6) is 0 Å². The second-order valence-electron chi connectivity index (χ2n) is 8.75. The Kier molecular flexibility index (Phi) is 5.53. The summed E-state index contributed by atoms with van der Waals surface area (Å²) >= 11 is 17.8. The number of carbonyl (C=O) groups is 1. The summed E-state index contributed by atoms with van der Waals surface area (Å²) in [4.78, 5) is 22.6. The van der Waals surface area contributed by atoms with Crippen molar-refractivity contribution in [2.75, 3.05) is 13.1 Å². The Balaban J connectivity index is 1.36. The van der Waals surface area contributed by atoms with Gasteiger partial charge in [0.25, 0.3) is 5.60 Å². The lowest BCUT2D eigenvalue weighted by atomic mass is 9.86. The number of hydrogen-bond acceptors (Lipinski definition) is 4. The first-order valence-electron chi connectivity index (χ1n) is 10.3. The van der Waals surface area contributed by atoms with E-state index < -0.39 is 23.9 Å². The van der Waals surface area contributed by atoms with Crippen molar-refractivity contribution in [3.8, 4) is 0 Å². The number of likely N-dealkylation sites (tertiary alicyclic amines) is 1. The summed E-state index contributed by atoms with van der Waals surface area (Å²) in [5.74, 6) is -0.0483. The van der Waals surface area contributed by atoms with E-state index in [0.717, 1.165) is 25.0 Å². The van der Waals surface area contributed by atoms with E-state index >= 15 is 4.39 Å². The number of oxime groups is 1. The fourth-order valence-electron chi connectivity index (χ4n) is 4.14. The molecule has 1 saturated heterocycles. The molecule has 1 unspecified atom stereocenters. The van der Waals surface area contributed by atoms with Crippen LogP contribution in [0.1, 0.15) is 36.1 Å². The Hall–Kier alpha value is -2.10. The maximum Gasteiger partial charge on any atom is 0.435 e. The van der Waals surface area contributed by atoms with E-state index in [0.29, 0.717) is 0 Å². The number of benzene rings is 1. The third-order valence-electron chi connectivity index (χ3n) is 6.31. The molecule has 1 aliphatic carbocycles. The third kappa shape index (κ3) is 3.82. The summed E-state index contributed by atoms with van der Waals surface area (Å²) in [6.07, 6.45) is -2.62. The van der Waals surface area contributed by atoms with Gasteiger partial charge in [0.2, 0.25) is 5.91 Å². The molecule has 3 heterocycles. The van der Waals surface area contributed by atoms with Crippen molar-refractivity contribution in [3.05, 3.63) is 62.4 Å². The highest BCUT2D eigenvalue weighted by Gasteiger charge is 2.62. The number of halogens is 7. The second-order valence-corrected chi connectivity index (χ2v) is 9.94. The number of carbonyl (C=O) groups excluding carboxylic acids is 1. The Labute approximate surface area is 206 Å². The maximum absolute atomic E-state index is 15.2. The molecule has 5 nitrogen and oxygen atoms in total. The number of nitrogens with zero attached hydrogens (tertiary/aromatic N) is 3. The van der Waals surface area contributed by atoms with Crippen molar-refractivity contribution in [1.82, 2.24) is 9.88 Å². The molecule has 180 valence electrons. The summed E-state index contributed by atoms with van der Waals surface area (Å²) in [5, 5.41) is 3.28. The topological polar surface area (TPSA) is 54.8 Å². The molecule has 0 radical (unpaired) electrons. The van der Waals surface area contributed by atoms with Gasteiger partial charge in [0, 0.05) is 23.2 Å². The lowest BCUT2D eigenvalue weighted by Gasteiger charge is -2.44. The minimum Gasteiger partial charge on any atom is -0.374 e. The highest BCUT2D eigenvalue weighted by atomic mass is 35.5. The molecule has 2 aromatic rings. The van der Waals surface area contributed by atoms with Gasteiger partial charge in [-0.25, -0.2) is 4.39 Å². The monoisotopic (exact) mass is 535 g/mol. The van der Waals surface area contributed by atoms with Gasteiger partial charge in [-0.3, -0.25) is 9.78 Å². The van der Waals surface area contributed by atoms with Crippen molar-refractivity contribution in [2.45, 2.75) is 36.7 Å². The minimum absolute atomic E-state index is 0.000402. The van der Waals surface area contributed by atoms with Crippen LogP contribution in [-0.2, 0) is 20.9 Å². The summed E-state index contributed by atoms with van der Waals surface area (Å²) in [6, 6.07) is 4.91. The van der Waals surface area contributed by atoms with Crippen molar-refractivity contribution >= 4 is 46.4 Å². The number of amides is 1. The van der Waals surface area contributed by atoms with Crippen LogP contribution in [0, 0.1) is 5.92 Å². The number of hydrogen-bond donors (Lipinski definition) is 0. The van der Waals surface area contributed by atoms with Gasteiger partial charge < -0.3 is 9.74 Å². The Morgan fingerprint density at radius 3 is 2.29 bits per heavy atom. The van der Waals surface area contributed by atoms with Gasteiger partial charge in [-0.2, -0.15) is 13.2 Å². The number of rotatable bonds is 4. The molecular weight excluding hydrogens is 521 g/mol. The average Bonchev–Trinajstić information content (AvgIpc) is 3.51. The SMILES string of the molecule is O=C(C1CC1)N1CC(F)(c2ccc(C3=NOC(c4cc(Cl)c(Cl)c(Cl)c4)(C(F)(F)F)C3)cn2)C1. The van der Waals surface area contributed by atoms with Crippen LogP contribution in [0.25, 0.3) is 0 Å². The van der Waals surface area contributed by atoms with Crippen LogP contribution in [0.4, 0.5) is 17.6 Å². The normalized spacial score (nSPS) is 23.9. The molecule has 0 N–H and O–H groups in total. The molecule has 34 heavy (non-hydrogen) atoms. The smallest absolute Gasteiger partial charge is 0.374 e. The summed E-state index contributed by atoms with van der Waals surface area (Å²) in [7, 11) is 0. The number of alkyl halides is 4. The molecular formula is C22H16Cl3F4N3O2. The molecule has 1 saturated carbocycles. The highest BCUT2D eigenvalue weighted by molar-refractivity contribution is 6.48. The molecule has 0 bridgehead atoms. The predicted molar refractivity (Wildman–Crippen MR) is 118 cm³/mol. The van der Waals surface area contributed by atoms with Gasteiger partial charge in [0.15, 0.2) is 5.67 Å². The van der Waals surface area contributed by atoms with Gasteiger partial charge in [0.05, 0.1) is 46.0 Å². The first-order valence-corrected chi connectivity index (χ1v) is 11.5. The molecule has 3 aliphatic rings. The van der Waals surface area contributed by atoms with Crippen LogP contribution in [0.3, 0.4) is 0 Å². The lowest BCUT2D eigenvalue weighted by molar-refractivity contribution is -0.275. The Morgan fingerprint density at radius 2 is 1.76 bits per heavy atom. The number of pyridine rings is 1. The third-order valence-corrected chi connectivity index (χ3v) is 7.51. The van der Waals surface area contributed by atoms with E-state index in [-0.39, 0.29) is 62.5 Å². The van der Waals surface area contributed by atoms with E-state index in [2.05, 4.69) is 10.1 Å². The summed E-state index contributed by atoms with van der Waals surface area (Å²) < 4.78 is 57.7. The van der Waals surface area contributed by atoms with Crippen LogP contribution in [-0.4, -0.2) is 40.8 Å². The van der Waals surface area contributed by atoms with Gasteiger partial charge in [-0.05, 0) is 37.1 Å². The fraction of sp³-hybridized carbons (Fsp3) is 0.409. The van der Waals surface area contributed by atoms with Gasteiger partial charge in [0.1, 0.15) is 0 Å². The molecule has 1 atom stereocenters. The fourth-order valence-corrected chi connectivity index (χ4v) is 4.74. The minimum atomic E-state index is -4.86. The van der Waals surface area contributed by atoms with Crippen molar-refractivity contribution in [2.24, 2.45) is 11.1 Å². The molecule has 5 rings (SSSR count). The second kappa shape index (κ2) is 7.96. The van der Waals surface area contributed by atoms with E-state index in [4.69, 9.17) is 39.6 Å². The van der Waals surface area contributed by atoms with E-state index in [1.807, 2.05) is 0 Å². The van der Waals surface area contributed by atoms with Crippen LogP contribution >= 0.6 is 34.8 Å². The van der Waals surface area contributed by atoms with Crippen LogP contribution in [0.15, 0.2) is 35.6 Å².